The Kier molecular flexibility index (Phi) is 9.75. The normalized spacial score (nSPS) is 16.0. The maximum Gasteiger partial charge on any atom is 0.309 e. The maximum atomic E-state index is 12.4. The Labute approximate surface area is 154 Å². The molecule has 0 fully saturated rings. The lowest BCUT2D eigenvalue weighted by Gasteiger charge is -2.53. The lowest BCUT2D eigenvalue weighted by molar-refractivity contribution is -0.171. The first-order valence-corrected chi connectivity index (χ1v) is 9.93. The predicted molar refractivity (Wildman–Crippen MR) is 103 cm³/mol. The van der Waals surface area contributed by atoms with Crippen LogP contribution in [0.3, 0.4) is 0 Å². The molecule has 0 amide bonds. The summed E-state index contributed by atoms with van der Waals surface area (Å²) in [5.74, 6) is -2.01. The minimum Gasteiger partial charge on any atom is -0.481 e. The molecular weight excluding hydrogens is 316 g/mol. The van der Waals surface area contributed by atoms with E-state index in [1.807, 2.05) is 34.6 Å². The molecule has 0 bridgehead atoms. The molecule has 0 saturated carbocycles. The van der Waals surface area contributed by atoms with Crippen LogP contribution in [-0.2, 0) is 9.59 Å². The van der Waals surface area contributed by atoms with Crippen LogP contribution in [0.2, 0.25) is 0 Å². The maximum absolute atomic E-state index is 12.4. The quantitative estimate of drug-likeness (QED) is 0.406. The Morgan fingerprint density at radius 3 is 1.72 bits per heavy atom. The molecule has 2 unspecified atom stereocenters. The van der Waals surface area contributed by atoms with E-state index in [1.165, 1.54) is 6.42 Å². The van der Waals surface area contributed by atoms with Crippen molar-refractivity contribution >= 4 is 11.9 Å². The first kappa shape index (κ1) is 23.9. The van der Waals surface area contributed by atoms with Gasteiger partial charge in [0, 0.05) is 0 Å². The molecule has 4 heteroatoms. The third-order valence-electron chi connectivity index (χ3n) is 6.41. The van der Waals surface area contributed by atoms with Crippen molar-refractivity contribution < 1.29 is 19.8 Å². The van der Waals surface area contributed by atoms with Crippen LogP contribution in [0.1, 0.15) is 93.4 Å². The monoisotopic (exact) mass is 356 g/mol. The van der Waals surface area contributed by atoms with Gasteiger partial charge in [0.15, 0.2) is 0 Å². The molecule has 0 aliphatic rings. The highest BCUT2D eigenvalue weighted by atomic mass is 16.4. The van der Waals surface area contributed by atoms with Crippen molar-refractivity contribution in [2.45, 2.75) is 93.4 Å². The van der Waals surface area contributed by atoms with E-state index in [2.05, 4.69) is 6.92 Å². The molecule has 0 aromatic heterocycles. The highest BCUT2D eigenvalue weighted by Gasteiger charge is 2.56. The SMILES string of the molecule is CCCCCCCC(C)(C(=O)O)C(CC(C)C(=O)O)(C(C)C)C(C)C. The molecule has 4 nitrogen and oxygen atoms in total. The Balaban J connectivity index is 5.77. The molecule has 0 aliphatic heterocycles. The number of carbonyl (C=O) groups is 2. The molecule has 0 aliphatic carbocycles. The van der Waals surface area contributed by atoms with Crippen molar-refractivity contribution in [3.63, 3.8) is 0 Å². The third kappa shape index (κ3) is 5.46. The van der Waals surface area contributed by atoms with E-state index in [-0.39, 0.29) is 11.8 Å². The predicted octanol–water partition coefficient (Wildman–Crippen LogP) is 5.85. The second kappa shape index (κ2) is 10.2. The van der Waals surface area contributed by atoms with Crippen molar-refractivity contribution in [3.05, 3.63) is 0 Å². The van der Waals surface area contributed by atoms with E-state index in [4.69, 9.17) is 0 Å². The van der Waals surface area contributed by atoms with Crippen LogP contribution >= 0.6 is 0 Å². The molecule has 0 aromatic rings. The fourth-order valence-corrected chi connectivity index (χ4v) is 4.85. The van der Waals surface area contributed by atoms with E-state index in [0.29, 0.717) is 12.8 Å². The van der Waals surface area contributed by atoms with Gasteiger partial charge < -0.3 is 10.2 Å². The molecule has 0 heterocycles. The van der Waals surface area contributed by atoms with E-state index >= 15 is 0 Å². The standard InChI is InChI=1S/C21H40O4/c1-8-9-10-11-12-13-20(7,19(24)25)21(15(2)3,16(4)5)14-17(6)18(22)23/h15-17H,8-14H2,1-7H3,(H,22,23)(H,24,25). The number of rotatable bonds is 13. The van der Waals surface area contributed by atoms with Crippen LogP contribution in [0, 0.1) is 28.6 Å². The summed E-state index contributed by atoms with van der Waals surface area (Å²) in [6, 6.07) is 0. The van der Waals surface area contributed by atoms with Gasteiger partial charge in [-0.25, -0.2) is 0 Å². The van der Waals surface area contributed by atoms with Crippen molar-refractivity contribution in [2.75, 3.05) is 0 Å². The van der Waals surface area contributed by atoms with Crippen molar-refractivity contribution in [1.29, 1.82) is 0 Å². The molecule has 0 spiro atoms. The molecule has 25 heavy (non-hydrogen) atoms. The Hall–Kier alpha value is -1.06. The number of aliphatic carboxylic acids is 2. The Bertz CT molecular complexity index is 420. The number of unbranched alkanes of at least 4 members (excludes halogenated alkanes) is 4. The second-order valence-electron chi connectivity index (χ2n) is 8.59. The summed E-state index contributed by atoms with van der Waals surface area (Å²) < 4.78 is 0. The van der Waals surface area contributed by atoms with E-state index in [1.54, 1.807) is 6.92 Å². The first-order chi connectivity index (χ1) is 11.5. The smallest absolute Gasteiger partial charge is 0.309 e. The highest BCUT2D eigenvalue weighted by molar-refractivity contribution is 5.76. The summed E-state index contributed by atoms with van der Waals surface area (Å²) in [5, 5.41) is 19.6. The van der Waals surface area contributed by atoms with Gasteiger partial charge >= 0.3 is 11.9 Å². The van der Waals surface area contributed by atoms with Gasteiger partial charge in [0.2, 0.25) is 0 Å². The van der Waals surface area contributed by atoms with Crippen LogP contribution in [0.5, 0.6) is 0 Å². The number of carboxylic acids is 2. The summed E-state index contributed by atoms with van der Waals surface area (Å²) in [7, 11) is 0. The number of hydrogen-bond donors (Lipinski definition) is 2. The lowest BCUT2D eigenvalue weighted by atomic mass is 9.49. The molecule has 0 rings (SSSR count). The largest absolute Gasteiger partial charge is 0.481 e. The molecule has 2 N–H and O–H groups in total. The van der Waals surface area contributed by atoms with Gasteiger partial charge in [-0.15, -0.1) is 0 Å². The second-order valence-corrected chi connectivity index (χ2v) is 8.59. The minimum atomic E-state index is -0.925. The van der Waals surface area contributed by atoms with Gasteiger partial charge in [0.25, 0.3) is 0 Å². The number of carboxylic acid groups (broad SMARTS) is 2. The van der Waals surface area contributed by atoms with Crippen LogP contribution in [0.25, 0.3) is 0 Å². The molecule has 148 valence electrons. The van der Waals surface area contributed by atoms with Crippen LogP contribution in [0.4, 0.5) is 0 Å². The molecule has 0 saturated heterocycles. The minimum absolute atomic E-state index is 0.0889. The van der Waals surface area contributed by atoms with E-state index in [0.717, 1.165) is 25.7 Å². The zero-order valence-corrected chi connectivity index (χ0v) is 17.4. The van der Waals surface area contributed by atoms with Gasteiger partial charge in [-0.2, -0.15) is 0 Å². The first-order valence-electron chi connectivity index (χ1n) is 9.93. The van der Waals surface area contributed by atoms with Crippen molar-refractivity contribution in [1.82, 2.24) is 0 Å². The molecule has 0 radical (unpaired) electrons. The highest BCUT2D eigenvalue weighted by Crippen LogP contribution is 2.57. The molecule has 2 atom stereocenters. The van der Waals surface area contributed by atoms with Crippen LogP contribution in [-0.4, -0.2) is 22.2 Å². The Morgan fingerprint density at radius 2 is 1.36 bits per heavy atom. The lowest BCUT2D eigenvalue weighted by Crippen LogP contribution is -2.53. The summed E-state index contributed by atoms with van der Waals surface area (Å²) in [6.07, 6.45) is 6.40. The third-order valence-corrected chi connectivity index (χ3v) is 6.41. The zero-order chi connectivity index (χ0) is 19.8. The van der Waals surface area contributed by atoms with E-state index < -0.39 is 28.7 Å². The number of hydrogen-bond acceptors (Lipinski definition) is 2. The van der Waals surface area contributed by atoms with Gasteiger partial charge in [0.05, 0.1) is 11.3 Å². The van der Waals surface area contributed by atoms with Crippen molar-refractivity contribution in [3.8, 4) is 0 Å². The van der Waals surface area contributed by atoms with Gasteiger partial charge in [-0.3, -0.25) is 9.59 Å². The fraction of sp³-hybridized carbons (Fsp3) is 0.905. The molecule has 0 aromatic carbocycles. The Morgan fingerprint density at radius 1 is 0.880 bits per heavy atom. The fourth-order valence-electron chi connectivity index (χ4n) is 4.85. The average molecular weight is 357 g/mol. The van der Waals surface area contributed by atoms with Crippen molar-refractivity contribution in [2.24, 2.45) is 28.6 Å². The van der Waals surface area contributed by atoms with Gasteiger partial charge in [0.1, 0.15) is 0 Å². The summed E-state index contributed by atoms with van der Waals surface area (Å²) in [5.41, 5.74) is -1.48. The van der Waals surface area contributed by atoms with E-state index in [9.17, 15) is 19.8 Å². The van der Waals surface area contributed by atoms with Crippen LogP contribution in [0.15, 0.2) is 0 Å². The topological polar surface area (TPSA) is 74.6 Å². The summed E-state index contributed by atoms with van der Waals surface area (Å²) >= 11 is 0. The van der Waals surface area contributed by atoms with Crippen LogP contribution < -0.4 is 0 Å². The zero-order valence-electron chi connectivity index (χ0n) is 17.4. The van der Waals surface area contributed by atoms with Gasteiger partial charge in [-0.1, -0.05) is 73.6 Å². The average Bonchev–Trinajstić information content (AvgIpc) is 2.50. The summed E-state index contributed by atoms with van der Waals surface area (Å²) in [6.45, 7) is 13.9. The summed E-state index contributed by atoms with van der Waals surface area (Å²) in [4.78, 5) is 23.9. The van der Waals surface area contributed by atoms with Gasteiger partial charge in [-0.05, 0) is 37.0 Å². The molecular formula is C21H40O4.